The number of methoxy groups -OCH3 is 1. The topological polar surface area (TPSA) is 60.0 Å². The van der Waals surface area contributed by atoms with E-state index in [2.05, 4.69) is 0 Å². The zero-order valence-corrected chi connectivity index (χ0v) is 6.75. The Kier molecular flexibility index (Phi) is 3.55. The molecule has 0 aromatic carbocycles. The summed E-state index contributed by atoms with van der Waals surface area (Å²) in [6.07, 6.45) is 0. The molecule has 0 saturated heterocycles. The number of rotatable bonds is 2. The Hall–Kier alpha value is -1.68. The summed E-state index contributed by atoms with van der Waals surface area (Å²) in [5, 5.41) is 16.9. The summed E-state index contributed by atoms with van der Waals surface area (Å²) >= 11 is 0. The molecule has 0 fully saturated rings. The molecule has 0 atom stereocenters. The molecule has 4 nitrogen and oxygen atoms in total. The minimum absolute atomic E-state index is 0.0162. The van der Waals surface area contributed by atoms with E-state index in [1.807, 2.05) is 0 Å². The third-order valence-electron chi connectivity index (χ3n) is 1.04. The fourth-order valence-corrected chi connectivity index (χ4v) is 0.629. The average molecular weight is 151 g/mol. The van der Waals surface area contributed by atoms with Crippen LogP contribution in [0.2, 0.25) is 0 Å². The maximum Gasteiger partial charge on any atom is 0.218 e. The van der Waals surface area contributed by atoms with Crippen molar-refractivity contribution in [1.29, 1.82) is 10.5 Å². The van der Waals surface area contributed by atoms with Gasteiger partial charge in [0.25, 0.3) is 0 Å². The second kappa shape index (κ2) is 4.19. The van der Waals surface area contributed by atoms with Gasteiger partial charge in [-0.3, -0.25) is 0 Å². The first-order valence-corrected chi connectivity index (χ1v) is 2.93. The number of allylic oxidation sites excluding steroid dienone is 1. The van der Waals surface area contributed by atoms with Gasteiger partial charge in [0.15, 0.2) is 5.57 Å². The third-order valence-corrected chi connectivity index (χ3v) is 1.04. The van der Waals surface area contributed by atoms with Crippen molar-refractivity contribution < 1.29 is 4.74 Å². The van der Waals surface area contributed by atoms with Crippen molar-refractivity contribution >= 4 is 0 Å². The SMILES string of the molecule is COC(=C(C#N)C#N)N(C)C. The summed E-state index contributed by atoms with van der Waals surface area (Å²) in [4.78, 5) is 1.57. The highest BCUT2D eigenvalue weighted by atomic mass is 16.5. The monoisotopic (exact) mass is 151 g/mol. The summed E-state index contributed by atoms with van der Waals surface area (Å²) in [5.74, 6) is 0.287. The van der Waals surface area contributed by atoms with Crippen molar-refractivity contribution in [3.63, 3.8) is 0 Å². The molecule has 0 heterocycles. The number of hydrogen-bond acceptors (Lipinski definition) is 4. The van der Waals surface area contributed by atoms with E-state index in [-0.39, 0.29) is 11.5 Å². The first-order valence-electron chi connectivity index (χ1n) is 2.93. The molecule has 0 saturated carbocycles. The molecule has 0 spiro atoms. The van der Waals surface area contributed by atoms with E-state index in [1.54, 1.807) is 31.1 Å². The zero-order valence-electron chi connectivity index (χ0n) is 6.75. The molecule has 0 aromatic heterocycles. The second-order valence-electron chi connectivity index (χ2n) is 2.00. The van der Waals surface area contributed by atoms with Crippen LogP contribution in [0.15, 0.2) is 11.5 Å². The van der Waals surface area contributed by atoms with E-state index in [4.69, 9.17) is 15.3 Å². The minimum atomic E-state index is -0.0162. The highest BCUT2D eigenvalue weighted by Crippen LogP contribution is 2.05. The summed E-state index contributed by atoms with van der Waals surface area (Å²) in [7, 11) is 4.82. The summed E-state index contributed by atoms with van der Waals surface area (Å²) in [6.45, 7) is 0. The van der Waals surface area contributed by atoms with E-state index in [9.17, 15) is 0 Å². The highest BCUT2D eigenvalue weighted by molar-refractivity contribution is 5.37. The molecular weight excluding hydrogens is 142 g/mol. The van der Waals surface area contributed by atoms with E-state index < -0.39 is 0 Å². The Labute approximate surface area is 65.9 Å². The minimum Gasteiger partial charge on any atom is -0.481 e. The van der Waals surface area contributed by atoms with Crippen LogP contribution in [-0.4, -0.2) is 26.1 Å². The van der Waals surface area contributed by atoms with E-state index in [0.29, 0.717) is 0 Å². The third kappa shape index (κ3) is 2.19. The molecule has 0 aliphatic heterocycles. The average Bonchev–Trinajstić information content (AvgIpc) is 1.99. The number of nitriles is 2. The maximum atomic E-state index is 8.44. The predicted octanol–water partition coefficient (Wildman–Crippen LogP) is 0.453. The van der Waals surface area contributed by atoms with Crippen molar-refractivity contribution in [3.8, 4) is 12.1 Å². The lowest BCUT2D eigenvalue weighted by Gasteiger charge is -2.14. The normalized spacial score (nSPS) is 7.36. The quantitative estimate of drug-likeness (QED) is 0.424. The van der Waals surface area contributed by atoms with Crippen LogP contribution in [0.25, 0.3) is 0 Å². The molecule has 11 heavy (non-hydrogen) atoms. The van der Waals surface area contributed by atoms with E-state index >= 15 is 0 Å². The van der Waals surface area contributed by atoms with Gasteiger partial charge in [-0.1, -0.05) is 0 Å². The second-order valence-corrected chi connectivity index (χ2v) is 2.00. The van der Waals surface area contributed by atoms with Gasteiger partial charge in [-0.05, 0) is 0 Å². The van der Waals surface area contributed by atoms with E-state index in [0.717, 1.165) is 0 Å². The lowest BCUT2D eigenvalue weighted by atomic mass is 10.3. The van der Waals surface area contributed by atoms with Gasteiger partial charge < -0.3 is 9.64 Å². The lowest BCUT2D eigenvalue weighted by molar-refractivity contribution is 0.192. The largest absolute Gasteiger partial charge is 0.481 e. The van der Waals surface area contributed by atoms with Gasteiger partial charge in [0.1, 0.15) is 12.1 Å². The fourth-order valence-electron chi connectivity index (χ4n) is 0.629. The molecule has 0 aliphatic carbocycles. The molecule has 4 heteroatoms. The molecule has 0 radical (unpaired) electrons. The van der Waals surface area contributed by atoms with Gasteiger partial charge in [-0.15, -0.1) is 0 Å². The van der Waals surface area contributed by atoms with Gasteiger partial charge in [-0.2, -0.15) is 10.5 Å². The van der Waals surface area contributed by atoms with Crippen LogP contribution in [-0.2, 0) is 4.74 Å². The predicted molar refractivity (Wildman–Crippen MR) is 38.9 cm³/mol. The van der Waals surface area contributed by atoms with Crippen molar-refractivity contribution in [2.45, 2.75) is 0 Å². The number of nitrogens with zero attached hydrogens (tertiary/aromatic N) is 3. The van der Waals surface area contributed by atoms with Crippen molar-refractivity contribution in [2.24, 2.45) is 0 Å². The molecule has 0 aliphatic rings. The molecule has 0 unspecified atom stereocenters. The first kappa shape index (κ1) is 9.32. The van der Waals surface area contributed by atoms with Crippen LogP contribution in [0.1, 0.15) is 0 Å². The Morgan fingerprint density at radius 2 is 1.73 bits per heavy atom. The van der Waals surface area contributed by atoms with Gasteiger partial charge in [0.2, 0.25) is 5.88 Å². The molecule has 0 N–H and O–H groups in total. The standard InChI is InChI=1S/C7H9N3O/c1-10(2)7(11-3)6(4-8)5-9/h1-3H3. The van der Waals surface area contributed by atoms with Crippen LogP contribution in [0.3, 0.4) is 0 Å². The van der Waals surface area contributed by atoms with Crippen molar-refractivity contribution in [2.75, 3.05) is 21.2 Å². The Balaban J connectivity index is 4.86. The molecule has 0 aromatic rings. The van der Waals surface area contributed by atoms with Crippen molar-refractivity contribution in [3.05, 3.63) is 11.5 Å². The van der Waals surface area contributed by atoms with Gasteiger partial charge in [0, 0.05) is 14.1 Å². The first-order chi connectivity index (χ1) is 5.17. The highest BCUT2D eigenvalue weighted by Gasteiger charge is 2.07. The fraction of sp³-hybridized carbons (Fsp3) is 0.429. The Bertz CT molecular complexity index is 225. The van der Waals surface area contributed by atoms with Gasteiger partial charge >= 0.3 is 0 Å². The van der Waals surface area contributed by atoms with Crippen LogP contribution in [0.4, 0.5) is 0 Å². The van der Waals surface area contributed by atoms with Gasteiger partial charge in [-0.25, -0.2) is 0 Å². The summed E-state index contributed by atoms with van der Waals surface area (Å²) in [6, 6.07) is 3.47. The Morgan fingerprint density at radius 1 is 1.27 bits per heavy atom. The maximum absolute atomic E-state index is 8.44. The van der Waals surface area contributed by atoms with Crippen molar-refractivity contribution in [1.82, 2.24) is 4.90 Å². The number of hydrogen-bond donors (Lipinski definition) is 0. The molecule has 58 valence electrons. The lowest BCUT2D eigenvalue weighted by Crippen LogP contribution is -2.14. The molecule has 0 rings (SSSR count). The molecule has 0 amide bonds. The van der Waals surface area contributed by atoms with Gasteiger partial charge in [0.05, 0.1) is 7.11 Å². The number of ether oxygens (including phenoxy) is 1. The van der Waals surface area contributed by atoms with E-state index in [1.165, 1.54) is 7.11 Å². The van der Waals surface area contributed by atoms with Crippen LogP contribution in [0.5, 0.6) is 0 Å². The summed E-state index contributed by atoms with van der Waals surface area (Å²) in [5.41, 5.74) is -0.0162. The smallest absolute Gasteiger partial charge is 0.218 e. The molecule has 0 bridgehead atoms. The summed E-state index contributed by atoms with van der Waals surface area (Å²) < 4.78 is 4.82. The van der Waals surface area contributed by atoms with Crippen LogP contribution in [0, 0.1) is 22.7 Å². The van der Waals surface area contributed by atoms with Crippen LogP contribution >= 0.6 is 0 Å². The Morgan fingerprint density at radius 3 is 1.82 bits per heavy atom. The zero-order chi connectivity index (χ0) is 8.85. The van der Waals surface area contributed by atoms with Crippen LogP contribution < -0.4 is 0 Å². The molecular formula is C7H9N3O.